The van der Waals surface area contributed by atoms with Crippen LogP contribution in [-0.4, -0.2) is 15.6 Å². The van der Waals surface area contributed by atoms with Crippen molar-refractivity contribution < 1.29 is 4.74 Å². The van der Waals surface area contributed by atoms with Crippen LogP contribution in [0.2, 0.25) is 0 Å². The van der Waals surface area contributed by atoms with Gasteiger partial charge in [0.15, 0.2) is 0 Å². The quantitative estimate of drug-likeness (QED) is 0.899. The highest BCUT2D eigenvalue weighted by molar-refractivity contribution is 7.09. The van der Waals surface area contributed by atoms with Crippen LogP contribution in [0.5, 0.6) is 5.88 Å². The van der Waals surface area contributed by atoms with Gasteiger partial charge in [-0.1, -0.05) is 0 Å². The van der Waals surface area contributed by atoms with Crippen LogP contribution >= 0.6 is 11.3 Å². The Morgan fingerprint density at radius 2 is 2.16 bits per heavy atom. The number of nitrogens with one attached hydrogen (secondary N) is 1. The lowest BCUT2D eigenvalue weighted by Crippen LogP contribution is -2.24. The zero-order chi connectivity index (χ0) is 13.9. The van der Waals surface area contributed by atoms with Crippen LogP contribution in [0.1, 0.15) is 25.8 Å². The number of nitrogens with zero attached hydrogens (tertiary/aromatic N) is 2. The first-order chi connectivity index (χ1) is 8.94. The van der Waals surface area contributed by atoms with E-state index < -0.39 is 0 Å². The molecule has 0 spiro atoms. The van der Waals surface area contributed by atoms with Crippen LogP contribution in [0, 0.1) is 0 Å². The highest BCUT2D eigenvalue weighted by Gasteiger charge is 2.15. The second kappa shape index (κ2) is 5.44. The molecule has 0 aliphatic rings. The SMILES string of the molecule is CC(C)(C)Oc1nc(NCc2nccs2)ccc1N. The van der Waals surface area contributed by atoms with Crippen molar-refractivity contribution in [2.75, 3.05) is 11.1 Å². The third-order valence-electron chi connectivity index (χ3n) is 2.20. The van der Waals surface area contributed by atoms with E-state index in [1.54, 1.807) is 23.6 Å². The van der Waals surface area contributed by atoms with Crippen LogP contribution in [0.15, 0.2) is 23.7 Å². The number of hydrogen-bond acceptors (Lipinski definition) is 6. The summed E-state index contributed by atoms with van der Waals surface area (Å²) in [6.07, 6.45) is 1.78. The lowest BCUT2D eigenvalue weighted by molar-refractivity contribution is 0.125. The smallest absolute Gasteiger partial charge is 0.239 e. The van der Waals surface area contributed by atoms with Crippen LogP contribution in [0.25, 0.3) is 0 Å². The number of pyridine rings is 1. The van der Waals surface area contributed by atoms with E-state index in [9.17, 15) is 0 Å². The van der Waals surface area contributed by atoms with E-state index in [0.29, 0.717) is 18.1 Å². The molecule has 102 valence electrons. The van der Waals surface area contributed by atoms with Gasteiger partial charge in [0.2, 0.25) is 5.88 Å². The van der Waals surface area contributed by atoms with Crippen LogP contribution in [0.4, 0.5) is 11.5 Å². The molecule has 0 aromatic carbocycles. The number of anilines is 2. The Morgan fingerprint density at radius 3 is 2.79 bits per heavy atom. The van der Waals surface area contributed by atoms with E-state index in [0.717, 1.165) is 10.8 Å². The Kier molecular flexibility index (Phi) is 3.90. The van der Waals surface area contributed by atoms with Gasteiger partial charge in [-0.15, -0.1) is 11.3 Å². The van der Waals surface area contributed by atoms with Gasteiger partial charge in [-0.25, -0.2) is 4.98 Å². The van der Waals surface area contributed by atoms with Crippen molar-refractivity contribution in [1.82, 2.24) is 9.97 Å². The largest absolute Gasteiger partial charge is 0.470 e. The number of nitrogen functional groups attached to an aromatic ring is 1. The van der Waals surface area contributed by atoms with Crippen molar-refractivity contribution >= 4 is 22.8 Å². The fraction of sp³-hybridized carbons (Fsp3) is 0.385. The van der Waals surface area contributed by atoms with E-state index in [1.807, 2.05) is 32.2 Å². The van der Waals surface area contributed by atoms with Gasteiger partial charge in [0.05, 0.1) is 12.2 Å². The monoisotopic (exact) mass is 278 g/mol. The number of thiazole rings is 1. The molecule has 2 heterocycles. The molecule has 5 nitrogen and oxygen atoms in total. The molecule has 0 saturated carbocycles. The maximum Gasteiger partial charge on any atom is 0.239 e. The second-order valence-corrected chi connectivity index (χ2v) is 6.06. The third kappa shape index (κ3) is 4.10. The average molecular weight is 278 g/mol. The average Bonchev–Trinajstić information content (AvgIpc) is 2.81. The van der Waals surface area contributed by atoms with Crippen LogP contribution in [0.3, 0.4) is 0 Å². The summed E-state index contributed by atoms with van der Waals surface area (Å²) in [6.45, 7) is 6.53. The van der Waals surface area contributed by atoms with Crippen molar-refractivity contribution in [3.63, 3.8) is 0 Å². The van der Waals surface area contributed by atoms with Crippen molar-refractivity contribution in [3.05, 3.63) is 28.7 Å². The van der Waals surface area contributed by atoms with Crippen LogP contribution in [-0.2, 0) is 6.54 Å². The van der Waals surface area contributed by atoms with Crippen LogP contribution < -0.4 is 15.8 Å². The minimum atomic E-state index is -0.324. The third-order valence-corrected chi connectivity index (χ3v) is 2.98. The Bertz CT molecular complexity index is 534. The maximum atomic E-state index is 5.86. The van der Waals surface area contributed by atoms with E-state index in [1.165, 1.54) is 0 Å². The molecule has 2 rings (SSSR count). The van der Waals surface area contributed by atoms with Gasteiger partial charge >= 0.3 is 0 Å². The van der Waals surface area contributed by atoms with Gasteiger partial charge in [-0.05, 0) is 32.9 Å². The standard InChI is InChI=1S/C13H18N4OS/c1-13(2,3)18-12-9(14)4-5-10(17-12)16-8-11-15-6-7-19-11/h4-7H,8,14H2,1-3H3,(H,16,17). The Morgan fingerprint density at radius 1 is 1.37 bits per heavy atom. The van der Waals surface area contributed by atoms with Gasteiger partial charge in [0.25, 0.3) is 0 Å². The fourth-order valence-electron chi connectivity index (χ4n) is 1.43. The summed E-state index contributed by atoms with van der Waals surface area (Å²) in [4.78, 5) is 8.58. The summed E-state index contributed by atoms with van der Waals surface area (Å²) in [6, 6.07) is 3.62. The summed E-state index contributed by atoms with van der Waals surface area (Å²) in [5, 5.41) is 6.16. The minimum absolute atomic E-state index is 0.324. The number of rotatable bonds is 4. The van der Waals surface area contributed by atoms with Gasteiger partial charge < -0.3 is 15.8 Å². The van der Waals surface area contributed by atoms with E-state index in [4.69, 9.17) is 10.5 Å². The molecular weight excluding hydrogens is 260 g/mol. The Hall–Kier alpha value is -1.82. The number of hydrogen-bond donors (Lipinski definition) is 2. The lowest BCUT2D eigenvalue weighted by Gasteiger charge is -2.21. The fourth-order valence-corrected chi connectivity index (χ4v) is 1.98. The number of aromatic nitrogens is 2. The van der Waals surface area contributed by atoms with Gasteiger partial charge in [-0.2, -0.15) is 4.98 Å². The van der Waals surface area contributed by atoms with Crippen molar-refractivity contribution in [2.45, 2.75) is 32.9 Å². The Labute approximate surface area is 116 Å². The second-order valence-electron chi connectivity index (χ2n) is 5.08. The van der Waals surface area contributed by atoms with Crippen molar-refractivity contribution in [2.24, 2.45) is 0 Å². The Balaban J connectivity index is 2.07. The molecule has 0 aliphatic carbocycles. The molecule has 0 fully saturated rings. The van der Waals surface area contributed by atoms with Gasteiger partial charge in [-0.3, -0.25) is 0 Å². The molecule has 19 heavy (non-hydrogen) atoms. The predicted octanol–water partition coefficient (Wildman–Crippen LogP) is 2.91. The summed E-state index contributed by atoms with van der Waals surface area (Å²) in [5.41, 5.74) is 6.07. The normalized spacial score (nSPS) is 11.3. The van der Waals surface area contributed by atoms with Gasteiger partial charge in [0, 0.05) is 11.6 Å². The maximum absolute atomic E-state index is 5.86. The molecule has 0 amide bonds. The predicted molar refractivity (Wildman–Crippen MR) is 78.5 cm³/mol. The van der Waals surface area contributed by atoms with E-state index in [-0.39, 0.29) is 5.60 Å². The summed E-state index contributed by atoms with van der Waals surface area (Å²) < 4.78 is 5.72. The zero-order valence-electron chi connectivity index (χ0n) is 11.3. The highest BCUT2D eigenvalue weighted by atomic mass is 32.1. The molecule has 3 N–H and O–H groups in total. The molecule has 0 aliphatic heterocycles. The first-order valence-electron chi connectivity index (χ1n) is 6.02. The molecule has 2 aromatic rings. The number of nitrogens with two attached hydrogens (primary N) is 1. The first kappa shape index (κ1) is 13.6. The molecule has 0 atom stereocenters. The zero-order valence-corrected chi connectivity index (χ0v) is 12.1. The molecular formula is C13H18N4OS. The summed E-state index contributed by atoms with van der Waals surface area (Å²) >= 11 is 1.60. The number of ether oxygens (including phenoxy) is 1. The summed E-state index contributed by atoms with van der Waals surface area (Å²) in [7, 11) is 0. The molecule has 0 bridgehead atoms. The molecule has 0 unspecified atom stereocenters. The molecule has 2 aromatic heterocycles. The summed E-state index contributed by atoms with van der Waals surface area (Å²) in [5.74, 6) is 1.18. The molecule has 6 heteroatoms. The molecule has 0 radical (unpaired) electrons. The highest BCUT2D eigenvalue weighted by Crippen LogP contribution is 2.25. The lowest BCUT2D eigenvalue weighted by atomic mass is 10.2. The van der Waals surface area contributed by atoms with Crippen molar-refractivity contribution in [1.29, 1.82) is 0 Å². The van der Waals surface area contributed by atoms with Crippen molar-refractivity contribution in [3.8, 4) is 5.88 Å². The van der Waals surface area contributed by atoms with E-state index >= 15 is 0 Å². The first-order valence-corrected chi connectivity index (χ1v) is 6.90. The van der Waals surface area contributed by atoms with Gasteiger partial charge in [0.1, 0.15) is 16.4 Å². The topological polar surface area (TPSA) is 73.1 Å². The van der Waals surface area contributed by atoms with E-state index in [2.05, 4.69) is 15.3 Å². The minimum Gasteiger partial charge on any atom is -0.470 e. The molecule has 0 saturated heterocycles.